The van der Waals surface area contributed by atoms with Gasteiger partial charge < -0.3 is 14.7 Å². The van der Waals surface area contributed by atoms with Crippen LogP contribution in [0.5, 0.6) is 0 Å². The van der Waals surface area contributed by atoms with E-state index in [-0.39, 0.29) is 17.7 Å². The van der Waals surface area contributed by atoms with Gasteiger partial charge in [-0.1, -0.05) is 35.5 Å². The molecule has 2 fully saturated rings. The molecule has 2 heterocycles. The Morgan fingerprint density at radius 3 is 2.74 bits per heavy atom. The number of piperidine rings is 1. The average molecular weight is 367 g/mol. The number of amides is 2. The summed E-state index contributed by atoms with van der Waals surface area (Å²) in [4.78, 5) is 27.4. The minimum Gasteiger partial charge on any atom is -0.360 e. The lowest BCUT2D eigenvalue weighted by atomic mass is 9.95. The number of aryl methyl sites for hydroxylation is 1. The number of nitrogens with one attached hydrogen (secondary N) is 1. The first kappa shape index (κ1) is 17.8. The van der Waals surface area contributed by atoms with E-state index in [4.69, 9.17) is 4.52 Å². The van der Waals surface area contributed by atoms with E-state index in [0.717, 1.165) is 24.9 Å². The van der Waals surface area contributed by atoms with E-state index in [1.54, 1.807) is 11.8 Å². The molecule has 6 heteroatoms. The summed E-state index contributed by atoms with van der Waals surface area (Å²) < 4.78 is 5.33. The third-order valence-electron chi connectivity index (χ3n) is 5.47. The summed E-state index contributed by atoms with van der Waals surface area (Å²) in [6, 6.07) is 9.58. The van der Waals surface area contributed by atoms with Crippen LogP contribution >= 0.6 is 0 Å². The molecule has 6 nitrogen and oxygen atoms in total. The van der Waals surface area contributed by atoms with E-state index in [0.29, 0.717) is 36.0 Å². The maximum absolute atomic E-state index is 13.2. The van der Waals surface area contributed by atoms with Crippen molar-refractivity contribution in [1.29, 1.82) is 0 Å². The van der Waals surface area contributed by atoms with Crippen LogP contribution in [0.15, 0.2) is 34.9 Å². The Bertz CT molecular complexity index is 826. The zero-order valence-electron chi connectivity index (χ0n) is 15.6. The number of likely N-dealkylation sites (tertiary alicyclic amines) is 1. The lowest BCUT2D eigenvalue weighted by Gasteiger charge is -2.32. The van der Waals surface area contributed by atoms with Gasteiger partial charge in [0, 0.05) is 25.2 Å². The van der Waals surface area contributed by atoms with Crippen molar-refractivity contribution in [3.63, 3.8) is 0 Å². The molecule has 2 aliphatic rings. The summed E-state index contributed by atoms with van der Waals surface area (Å²) in [6.45, 7) is 3.64. The van der Waals surface area contributed by atoms with Crippen molar-refractivity contribution in [1.82, 2.24) is 15.4 Å². The zero-order chi connectivity index (χ0) is 18.8. The second kappa shape index (κ2) is 7.55. The smallest absolute Gasteiger partial charge is 0.259 e. The molecule has 142 valence electrons. The maximum Gasteiger partial charge on any atom is 0.259 e. The standard InChI is InChI=1S/C21H25N3O3/c1-14-18(19(23-27-14)16-6-3-2-4-7-16)21(26)24-11-5-8-17(13-24)20(25)22-12-15-9-10-15/h2-4,6-7,15,17H,5,8-13H2,1H3,(H,22,25). The van der Waals surface area contributed by atoms with Gasteiger partial charge in [-0.15, -0.1) is 0 Å². The van der Waals surface area contributed by atoms with Crippen molar-refractivity contribution in [2.24, 2.45) is 11.8 Å². The highest BCUT2D eigenvalue weighted by molar-refractivity contribution is 6.01. The number of hydrogen-bond acceptors (Lipinski definition) is 4. The number of hydrogen-bond donors (Lipinski definition) is 1. The molecular formula is C21H25N3O3. The molecule has 1 unspecified atom stereocenters. The van der Waals surface area contributed by atoms with Crippen molar-refractivity contribution >= 4 is 11.8 Å². The molecule has 1 saturated carbocycles. The lowest BCUT2D eigenvalue weighted by Crippen LogP contribution is -2.46. The van der Waals surface area contributed by atoms with Crippen LogP contribution in [-0.2, 0) is 4.79 Å². The number of carbonyl (C=O) groups excluding carboxylic acids is 2. The van der Waals surface area contributed by atoms with Crippen molar-refractivity contribution in [3.8, 4) is 11.3 Å². The first-order valence-electron chi connectivity index (χ1n) is 9.72. The van der Waals surface area contributed by atoms with E-state index in [1.165, 1.54) is 12.8 Å². The van der Waals surface area contributed by atoms with Gasteiger partial charge in [0.05, 0.1) is 5.92 Å². The Morgan fingerprint density at radius 1 is 1.22 bits per heavy atom. The fourth-order valence-electron chi connectivity index (χ4n) is 3.66. The quantitative estimate of drug-likeness (QED) is 0.881. The molecule has 27 heavy (non-hydrogen) atoms. The predicted molar refractivity (Wildman–Crippen MR) is 101 cm³/mol. The van der Waals surface area contributed by atoms with Gasteiger partial charge in [0.1, 0.15) is 17.0 Å². The van der Waals surface area contributed by atoms with Crippen LogP contribution in [0.2, 0.25) is 0 Å². The van der Waals surface area contributed by atoms with E-state index < -0.39 is 0 Å². The Hall–Kier alpha value is -2.63. The number of carbonyl (C=O) groups is 2. The minimum atomic E-state index is -0.137. The number of rotatable bonds is 5. The molecular weight excluding hydrogens is 342 g/mol. The van der Waals surface area contributed by atoms with Crippen molar-refractivity contribution in [2.45, 2.75) is 32.6 Å². The van der Waals surface area contributed by atoms with Crippen LogP contribution in [0.25, 0.3) is 11.3 Å². The van der Waals surface area contributed by atoms with E-state index in [2.05, 4.69) is 10.5 Å². The Morgan fingerprint density at radius 2 is 2.00 bits per heavy atom. The largest absolute Gasteiger partial charge is 0.360 e. The van der Waals surface area contributed by atoms with E-state index >= 15 is 0 Å². The third-order valence-corrected chi connectivity index (χ3v) is 5.47. The van der Waals surface area contributed by atoms with Gasteiger partial charge in [0.2, 0.25) is 5.91 Å². The predicted octanol–water partition coefficient (Wildman–Crippen LogP) is 3.03. The molecule has 1 aliphatic heterocycles. The molecule has 0 spiro atoms. The first-order chi connectivity index (χ1) is 13.1. The summed E-state index contributed by atoms with van der Waals surface area (Å²) >= 11 is 0. The topological polar surface area (TPSA) is 75.4 Å². The van der Waals surface area contributed by atoms with Crippen molar-refractivity contribution < 1.29 is 14.1 Å². The molecule has 1 aromatic carbocycles. The summed E-state index contributed by atoms with van der Waals surface area (Å²) in [7, 11) is 0. The Labute approximate surface area is 158 Å². The normalized spacial score (nSPS) is 19.7. The van der Waals surface area contributed by atoms with Crippen LogP contribution in [0.3, 0.4) is 0 Å². The molecule has 1 aromatic heterocycles. The molecule has 2 amide bonds. The van der Waals surface area contributed by atoms with Crippen LogP contribution in [0.1, 0.15) is 41.8 Å². The van der Waals surface area contributed by atoms with Crippen LogP contribution in [0, 0.1) is 18.8 Å². The molecule has 1 N–H and O–H groups in total. The van der Waals surface area contributed by atoms with Gasteiger partial charge in [-0.05, 0) is 38.5 Å². The molecule has 1 atom stereocenters. The van der Waals surface area contributed by atoms with Gasteiger partial charge in [0.15, 0.2) is 0 Å². The van der Waals surface area contributed by atoms with Crippen LogP contribution < -0.4 is 5.32 Å². The summed E-state index contributed by atoms with van der Waals surface area (Å²) in [5, 5.41) is 7.16. The maximum atomic E-state index is 13.2. The molecule has 1 saturated heterocycles. The highest BCUT2D eigenvalue weighted by Gasteiger charge is 2.33. The molecule has 0 radical (unpaired) electrons. The zero-order valence-corrected chi connectivity index (χ0v) is 15.6. The van der Waals surface area contributed by atoms with Crippen LogP contribution in [0.4, 0.5) is 0 Å². The van der Waals surface area contributed by atoms with Crippen molar-refractivity contribution in [3.05, 3.63) is 41.7 Å². The van der Waals surface area contributed by atoms with Gasteiger partial charge in [0.25, 0.3) is 5.91 Å². The van der Waals surface area contributed by atoms with E-state index in [1.807, 2.05) is 30.3 Å². The fraction of sp³-hybridized carbons (Fsp3) is 0.476. The molecule has 4 rings (SSSR count). The minimum absolute atomic E-state index is 0.0738. The summed E-state index contributed by atoms with van der Waals surface area (Å²) in [5.74, 6) is 1.00. The highest BCUT2D eigenvalue weighted by atomic mass is 16.5. The molecule has 2 aromatic rings. The number of aromatic nitrogens is 1. The number of benzene rings is 1. The van der Waals surface area contributed by atoms with Gasteiger partial charge in [-0.25, -0.2) is 0 Å². The number of nitrogens with zero attached hydrogens (tertiary/aromatic N) is 2. The highest BCUT2D eigenvalue weighted by Crippen LogP contribution is 2.29. The van der Waals surface area contributed by atoms with Gasteiger partial charge >= 0.3 is 0 Å². The molecule has 0 bridgehead atoms. The van der Waals surface area contributed by atoms with Gasteiger partial charge in [-0.3, -0.25) is 9.59 Å². The van der Waals surface area contributed by atoms with Crippen molar-refractivity contribution in [2.75, 3.05) is 19.6 Å². The third kappa shape index (κ3) is 3.89. The van der Waals surface area contributed by atoms with Crippen LogP contribution in [-0.4, -0.2) is 41.5 Å². The summed E-state index contributed by atoms with van der Waals surface area (Å²) in [5.41, 5.74) is 1.92. The first-order valence-corrected chi connectivity index (χ1v) is 9.72. The Balaban J connectivity index is 1.49. The average Bonchev–Trinajstić information content (AvgIpc) is 3.46. The fourth-order valence-corrected chi connectivity index (χ4v) is 3.66. The lowest BCUT2D eigenvalue weighted by molar-refractivity contribution is -0.126. The second-order valence-corrected chi connectivity index (χ2v) is 7.61. The van der Waals surface area contributed by atoms with Gasteiger partial charge in [-0.2, -0.15) is 0 Å². The second-order valence-electron chi connectivity index (χ2n) is 7.61. The molecule has 1 aliphatic carbocycles. The van der Waals surface area contributed by atoms with E-state index in [9.17, 15) is 9.59 Å². The monoisotopic (exact) mass is 367 g/mol. The Kier molecular flexibility index (Phi) is 4.97. The SMILES string of the molecule is Cc1onc(-c2ccccc2)c1C(=O)N1CCCC(C(=O)NCC2CC2)C1. The summed E-state index contributed by atoms with van der Waals surface area (Å²) in [6.07, 6.45) is 4.09.